The second-order valence-corrected chi connectivity index (χ2v) is 6.53. The third-order valence-corrected chi connectivity index (χ3v) is 4.79. The van der Waals surface area contributed by atoms with Crippen LogP contribution in [-0.2, 0) is 20.1 Å². The minimum Gasteiger partial charge on any atom is -0.308 e. The Bertz CT molecular complexity index is 613. The van der Waals surface area contributed by atoms with Gasteiger partial charge in [0, 0.05) is 26.2 Å². The van der Waals surface area contributed by atoms with Crippen LogP contribution in [0.15, 0.2) is 30.5 Å². The van der Waals surface area contributed by atoms with E-state index >= 15 is 0 Å². The van der Waals surface area contributed by atoms with Crippen molar-refractivity contribution in [3.05, 3.63) is 52.6 Å². The topological polar surface area (TPSA) is 33.1 Å². The highest BCUT2D eigenvalue weighted by molar-refractivity contribution is 6.31. The smallest absolute Gasteiger partial charge is 0.123 e. The Balaban J connectivity index is 1.44. The highest BCUT2D eigenvalue weighted by atomic mass is 35.5. The maximum atomic E-state index is 12.9. The number of hydrogen-bond donors (Lipinski definition) is 1. The quantitative estimate of drug-likeness (QED) is 0.911. The Morgan fingerprint density at radius 1 is 1.26 bits per heavy atom. The fraction of sp³-hybridized carbons (Fsp3) is 0.471. The second kappa shape index (κ2) is 7.43. The van der Waals surface area contributed by atoms with Crippen LogP contribution >= 0.6 is 11.6 Å². The molecule has 0 aliphatic carbocycles. The van der Waals surface area contributed by atoms with Crippen LogP contribution in [0.3, 0.4) is 0 Å². The molecule has 1 saturated heterocycles. The lowest BCUT2D eigenvalue weighted by Crippen LogP contribution is -2.42. The molecule has 6 heteroatoms. The Hall–Kier alpha value is -1.43. The zero-order chi connectivity index (χ0) is 16.2. The molecule has 0 saturated carbocycles. The normalized spacial score (nSPS) is 16.8. The summed E-state index contributed by atoms with van der Waals surface area (Å²) in [5.74, 6) is -0.175. The number of nitrogens with zero attached hydrogens (tertiary/aromatic N) is 3. The van der Waals surface area contributed by atoms with Crippen LogP contribution in [0.2, 0.25) is 5.02 Å². The standard InChI is InChI=1S/C17H22ClFN4/c1-22-17(16(18)10-21-22)11-20-15-6-8-23(9-7-15)12-13-2-4-14(19)5-3-13/h2-5,10,15,20H,6-9,11-12H2,1H3. The van der Waals surface area contributed by atoms with Crippen molar-refractivity contribution in [3.63, 3.8) is 0 Å². The minimum atomic E-state index is -0.175. The maximum absolute atomic E-state index is 12.9. The van der Waals surface area contributed by atoms with Crippen molar-refractivity contribution in [1.82, 2.24) is 20.0 Å². The van der Waals surface area contributed by atoms with Crippen LogP contribution in [0.25, 0.3) is 0 Å². The molecule has 1 aliphatic rings. The fourth-order valence-electron chi connectivity index (χ4n) is 3.02. The van der Waals surface area contributed by atoms with Crippen molar-refractivity contribution in [2.24, 2.45) is 7.05 Å². The van der Waals surface area contributed by atoms with Gasteiger partial charge < -0.3 is 5.32 Å². The fourth-order valence-corrected chi connectivity index (χ4v) is 3.25. The number of hydrogen-bond acceptors (Lipinski definition) is 3. The van der Waals surface area contributed by atoms with Gasteiger partial charge in [0.15, 0.2) is 0 Å². The van der Waals surface area contributed by atoms with Crippen molar-refractivity contribution in [1.29, 1.82) is 0 Å². The van der Waals surface area contributed by atoms with Crippen LogP contribution < -0.4 is 5.32 Å². The number of piperidine rings is 1. The summed E-state index contributed by atoms with van der Waals surface area (Å²) in [4.78, 5) is 2.42. The van der Waals surface area contributed by atoms with Gasteiger partial charge in [0.25, 0.3) is 0 Å². The Morgan fingerprint density at radius 3 is 2.57 bits per heavy atom. The number of halogens is 2. The summed E-state index contributed by atoms with van der Waals surface area (Å²) in [5.41, 5.74) is 2.19. The molecule has 1 N–H and O–H groups in total. The molecule has 23 heavy (non-hydrogen) atoms. The van der Waals surface area contributed by atoms with Crippen molar-refractivity contribution in [3.8, 4) is 0 Å². The van der Waals surface area contributed by atoms with Gasteiger partial charge in [-0.3, -0.25) is 9.58 Å². The van der Waals surface area contributed by atoms with Crippen molar-refractivity contribution < 1.29 is 4.39 Å². The molecular formula is C17H22ClFN4. The van der Waals surface area contributed by atoms with Gasteiger partial charge in [-0.05, 0) is 43.6 Å². The molecule has 2 heterocycles. The molecule has 0 radical (unpaired) electrons. The van der Waals surface area contributed by atoms with Crippen LogP contribution in [0.5, 0.6) is 0 Å². The van der Waals surface area contributed by atoms with E-state index in [1.165, 1.54) is 17.7 Å². The Labute approximate surface area is 141 Å². The van der Waals surface area contributed by atoms with E-state index in [4.69, 9.17) is 11.6 Å². The summed E-state index contributed by atoms with van der Waals surface area (Å²) in [6, 6.07) is 7.29. The molecule has 1 fully saturated rings. The maximum Gasteiger partial charge on any atom is 0.123 e. The van der Waals surface area contributed by atoms with Gasteiger partial charge in [-0.25, -0.2) is 4.39 Å². The average molecular weight is 337 g/mol. The number of aryl methyl sites for hydroxylation is 1. The van der Waals surface area contributed by atoms with E-state index < -0.39 is 0 Å². The molecule has 3 rings (SSSR count). The molecule has 2 aromatic rings. The molecule has 0 amide bonds. The summed E-state index contributed by atoms with van der Waals surface area (Å²) < 4.78 is 14.8. The van der Waals surface area contributed by atoms with E-state index in [-0.39, 0.29) is 5.82 Å². The Kier molecular flexibility index (Phi) is 5.30. The highest BCUT2D eigenvalue weighted by Crippen LogP contribution is 2.17. The minimum absolute atomic E-state index is 0.175. The molecule has 1 aliphatic heterocycles. The highest BCUT2D eigenvalue weighted by Gasteiger charge is 2.19. The molecule has 4 nitrogen and oxygen atoms in total. The van der Waals surface area contributed by atoms with Crippen LogP contribution in [0, 0.1) is 5.82 Å². The van der Waals surface area contributed by atoms with Gasteiger partial charge in [0.2, 0.25) is 0 Å². The first-order valence-electron chi connectivity index (χ1n) is 7.98. The van der Waals surface area contributed by atoms with Gasteiger partial charge in [0.05, 0.1) is 16.9 Å². The van der Waals surface area contributed by atoms with Crippen molar-refractivity contribution >= 4 is 11.6 Å². The predicted octanol–water partition coefficient (Wildman–Crippen LogP) is 2.97. The predicted molar refractivity (Wildman–Crippen MR) is 89.8 cm³/mol. The lowest BCUT2D eigenvalue weighted by Gasteiger charge is -2.32. The summed E-state index contributed by atoms with van der Waals surface area (Å²) >= 11 is 6.13. The van der Waals surface area contributed by atoms with Crippen LogP contribution in [-0.4, -0.2) is 33.8 Å². The first kappa shape index (κ1) is 16.4. The molecule has 124 valence electrons. The van der Waals surface area contributed by atoms with E-state index in [1.54, 1.807) is 6.20 Å². The average Bonchev–Trinajstić information content (AvgIpc) is 2.88. The third kappa shape index (κ3) is 4.31. The number of aromatic nitrogens is 2. The molecule has 0 spiro atoms. The van der Waals surface area contributed by atoms with Gasteiger partial charge in [-0.15, -0.1) is 0 Å². The first-order valence-corrected chi connectivity index (χ1v) is 8.36. The molecule has 0 atom stereocenters. The van der Waals surface area contributed by atoms with E-state index in [0.717, 1.165) is 44.7 Å². The van der Waals surface area contributed by atoms with E-state index in [9.17, 15) is 4.39 Å². The second-order valence-electron chi connectivity index (χ2n) is 6.12. The largest absolute Gasteiger partial charge is 0.308 e. The lowest BCUT2D eigenvalue weighted by molar-refractivity contribution is 0.189. The van der Waals surface area contributed by atoms with Gasteiger partial charge in [0.1, 0.15) is 5.82 Å². The molecule has 1 aromatic carbocycles. The van der Waals surface area contributed by atoms with Crippen LogP contribution in [0.1, 0.15) is 24.1 Å². The molecule has 0 bridgehead atoms. The molecule has 0 unspecified atom stereocenters. The monoisotopic (exact) mass is 336 g/mol. The SMILES string of the molecule is Cn1ncc(Cl)c1CNC1CCN(Cc2ccc(F)cc2)CC1. The van der Waals surface area contributed by atoms with Gasteiger partial charge in [-0.2, -0.15) is 5.10 Å². The van der Waals surface area contributed by atoms with E-state index in [0.29, 0.717) is 11.1 Å². The molecule has 1 aromatic heterocycles. The summed E-state index contributed by atoms with van der Waals surface area (Å²) in [5, 5.41) is 8.45. The summed E-state index contributed by atoms with van der Waals surface area (Å²) in [7, 11) is 1.91. The molecular weight excluding hydrogens is 315 g/mol. The van der Waals surface area contributed by atoms with Crippen molar-refractivity contribution in [2.45, 2.75) is 32.0 Å². The summed E-state index contributed by atoms with van der Waals surface area (Å²) in [6.07, 6.45) is 3.90. The van der Waals surface area contributed by atoms with Crippen molar-refractivity contribution in [2.75, 3.05) is 13.1 Å². The number of rotatable bonds is 5. The third-order valence-electron chi connectivity index (χ3n) is 4.48. The van der Waals surface area contributed by atoms with Gasteiger partial charge >= 0.3 is 0 Å². The number of likely N-dealkylation sites (tertiary alicyclic amines) is 1. The number of benzene rings is 1. The summed E-state index contributed by atoms with van der Waals surface area (Å²) in [6.45, 7) is 3.74. The van der Waals surface area contributed by atoms with Crippen LogP contribution in [0.4, 0.5) is 4.39 Å². The zero-order valence-electron chi connectivity index (χ0n) is 13.3. The van der Waals surface area contributed by atoms with E-state index in [2.05, 4.69) is 15.3 Å². The first-order chi connectivity index (χ1) is 11.1. The Morgan fingerprint density at radius 2 is 1.96 bits per heavy atom. The van der Waals surface area contributed by atoms with Gasteiger partial charge in [-0.1, -0.05) is 23.7 Å². The van der Waals surface area contributed by atoms with E-state index in [1.807, 2.05) is 23.9 Å². The number of nitrogens with one attached hydrogen (secondary N) is 1. The zero-order valence-corrected chi connectivity index (χ0v) is 14.1. The lowest BCUT2D eigenvalue weighted by atomic mass is 10.0.